The van der Waals surface area contributed by atoms with Crippen molar-refractivity contribution < 1.29 is 37.2 Å². The van der Waals surface area contributed by atoms with E-state index in [1.165, 1.54) is 7.05 Å². The van der Waals surface area contributed by atoms with Crippen molar-refractivity contribution in [2.75, 3.05) is 12.3 Å². The summed E-state index contributed by atoms with van der Waals surface area (Å²) in [5, 5.41) is 23.9. The number of anilines is 1. The van der Waals surface area contributed by atoms with E-state index in [2.05, 4.69) is 15.1 Å². The predicted octanol–water partition coefficient (Wildman–Crippen LogP) is 1.49. The lowest BCUT2D eigenvalue weighted by Crippen LogP contribution is -2.42. The Labute approximate surface area is 218 Å². The number of nitrogens with two attached hydrogens (primary N) is 1. The topological polar surface area (TPSA) is 199 Å². The molecule has 18 heteroatoms. The van der Waals surface area contributed by atoms with Gasteiger partial charge in [-0.15, -0.1) is 0 Å². The summed E-state index contributed by atoms with van der Waals surface area (Å²) in [5.74, 6) is -4.63. The number of aliphatic hydroxyl groups is 1. The van der Waals surface area contributed by atoms with Gasteiger partial charge in [0.25, 0.3) is 0 Å². The van der Waals surface area contributed by atoms with E-state index >= 15 is 0 Å². The molecule has 1 fully saturated rings. The summed E-state index contributed by atoms with van der Waals surface area (Å²) in [5.41, 5.74) is 5.12. The van der Waals surface area contributed by atoms with Gasteiger partial charge < -0.3 is 25.7 Å². The minimum atomic E-state index is -4.31. The van der Waals surface area contributed by atoms with Gasteiger partial charge in [-0.25, -0.2) is 19.0 Å². The number of aromatic nitrogens is 4. The molecule has 1 unspecified atom stereocenters. The molecule has 1 aromatic carbocycles. The molecule has 4 rings (SSSR count). The van der Waals surface area contributed by atoms with E-state index in [0.29, 0.717) is 10.1 Å². The zero-order chi connectivity index (χ0) is 28.4. The second-order valence-corrected chi connectivity index (χ2v) is 10.3. The quantitative estimate of drug-likeness (QED) is 0.170. The van der Waals surface area contributed by atoms with Crippen LogP contribution in [0.1, 0.15) is 17.5 Å². The van der Waals surface area contributed by atoms with Crippen LogP contribution in [-0.4, -0.2) is 53.9 Å². The number of halogens is 2. The second kappa shape index (κ2) is 11.3. The molecular weight excluding hydrogens is 547 g/mol. The first-order valence-corrected chi connectivity index (χ1v) is 12.8. The molecule has 1 saturated heterocycles. The van der Waals surface area contributed by atoms with E-state index in [9.17, 15) is 33.4 Å². The highest BCUT2D eigenvalue weighted by molar-refractivity contribution is 7.51. The van der Waals surface area contributed by atoms with E-state index in [4.69, 9.17) is 19.5 Å². The maximum absolute atomic E-state index is 14.9. The zero-order valence-electron chi connectivity index (χ0n) is 20.3. The van der Waals surface area contributed by atoms with E-state index in [0.717, 1.165) is 23.0 Å². The van der Waals surface area contributed by atoms with Gasteiger partial charge in [-0.05, 0) is 16.6 Å². The summed E-state index contributed by atoms with van der Waals surface area (Å²) < 4.78 is 60.9. The third-order valence-corrected chi connectivity index (χ3v) is 7.32. The number of rotatable bonds is 11. The van der Waals surface area contributed by atoms with Crippen molar-refractivity contribution in [3.63, 3.8) is 0 Å². The molecule has 0 spiro atoms. The van der Waals surface area contributed by atoms with Crippen molar-refractivity contribution in [2.45, 2.75) is 37.5 Å². The molecule has 1 aliphatic heterocycles. The van der Waals surface area contributed by atoms with Crippen LogP contribution in [0.3, 0.4) is 0 Å². The van der Waals surface area contributed by atoms with Crippen LogP contribution in [0.15, 0.2) is 53.6 Å². The van der Waals surface area contributed by atoms with Gasteiger partial charge in [0, 0.05) is 12.7 Å². The largest absolute Gasteiger partial charge is 0.434 e. The third kappa shape index (κ3) is 6.19. The first-order valence-electron chi connectivity index (χ1n) is 11.3. The fourth-order valence-corrected chi connectivity index (χ4v) is 4.96. The molecule has 0 saturated carbocycles. The van der Waals surface area contributed by atoms with Crippen LogP contribution in [0.4, 0.5) is 20.5 Å². The van der Waals surface area contributed by atoms with Crippen LogP contribution in [-0.2, 0) is 38.5 Å². The Hall–Kier alpha value is -3.60. The minimum Gasteiger partial charge on any atom is -0.390 e. The van der Waals surface area contributed by atoms with Crippen molar-refractivity contribution in [3.8, 4) is 0 Å². The van der Waals surface area contributed by atoms with Crippen LogP contribution < -0.4 is 16.5 Å². The van der Waals surface area contributed by atoms with Crippen molar-refractivity contribution in [2.24, 2.45) is 7.05 Å². The summed E-state index contributed by atoms with van der Waals surface area (Å²) in [4.78, 5) is 29.4. The lowest BCUT2D eigenvalue weighted by Gasteiger charge is -2.22. The normalized spacial score (nSPS) is 22.0. The zero-order valence-corrected chi connectivity index (χ0v) is 21.2. The summed E-state index contributed by atoms with van der Waals surface area (Å²) in [6.45, 7) is -1.33. The van der Waals surface area contributed by atoms with Crippen LogP contribution in [0.5, 0.6) is 0 Å². The average molecular weight is 571 g/mol. The first-order chi connectivity index (χ1) is 18.4. The van der Waals surface area contributed by atoms with Gasteiger partial charge in [-0.3, -0.25) is 13.6 Å². The summed E-state index contributed by atoms with van der Waals surface area (Å²) in [6, 6.07) is 9.78. The highest BCUT2D eigenvalue weighted by Crippen LogP contribution is 2.48. The number of benzene rings is 1. The Morgan fingerprint density at radius 1 is 1.31 bits per heavy atom. The maximum Gasteiger partial charge on any atom is 0.434 e. The van der Waals surface area contributed by atoms with E-state index in [1.807, 2.05) is 0 Å². The molecule has 0 aliphatic carbocycles. The molecule has 3 heterocycles. The Morgan fingerprint density at radius 2 is 2.03 bits per heavy atom. The molecule has 39 heavy (non-hydrogen) atoms. The Morgan fingerprint density at radius 3 is 2.67 bits per heavy atom. The molecule has 3 aromatic rings. The number of hydrogen-bond acceptors (Lipinski definition) is 11. The van der Waals surface area contributed by atoms with Crippen molar-refractivity contribution in [3.05, 3.63) is 80.6 Å². The highest BCUT2D eigenvalue weighted by Gasteiger charge is 2.60. The Bertz CT molecular complexity index is 1440. The summed E-state index contributed by atoms with van der Waals surface area (Å²) in [6.07, 6.45) is -4.33. The first kappa shape index (κ1) is 28.4. The smallest absolute Gasteiger partial charge is 0.390 e. The molecule has 0 radical (unpaired) electrons. The number of ether oxygens (including phenoxy) is 1. The van der Waals surface area contributed by atoms with Gasteiger partial charge in [0.1, 0.15) is 30.4 Å². The van der Waals surface area contributed by atoms with Crippen molar-refractivity contribution in [1.29, 1.82) is 0 Å². The van der Waals surface area contributed by atoms with Gasteiger partial charge in [0.05, 0.1) is 13.7 Å². The van der Waals surface area contributed by atoms with Gasteiger partial charge >= 0.3 is 25.3 Å². The molecule has 2 aromatic heterocycles. The summed E-state index contributed by atoms with van der Waals surface area (Å²) in [7, 11) is -2.95. The Kier molecular flexibility index (Phi) is 8.20. The van der Waals surface area contributed by atoms with E-state index in [-0.39, 0.29) is 18.1 Å². The Balaban J connectivity index is 1.50. The molecule has 4 atom stereocenters. The summed E-state index contributed by atoms with van der Waals surface area (Å²) >= 11 is 0. The lowest BCUT2D eigenvalue weighted by atomic mass is 10.1. The molecule has 4 N–H and O–H groups in total. The number of hydrogen-bond donors (Lipinski definition) is 3. The van der Waals surface area contributed by atoms with Gasteiger partial charge in [0.15, 0.2) is 6.10 Å². The molecule has 1 aliphatic rings. The number of nitrogens with zero attached hydrogens (tertiary/aromatic N) is 5. The average Bonchev–Trinajstić information content (AvgIpc) is 3.37. The van der Waals surface area contributed by atoms with Crippen molar-refractivity contribution in [1.82, 2.24) is 24.2 Å². The van der Waals surface area contributed by atoms with Gasteiger partial charge in [-0.1, -0.05) is 35.3 Å². The second-order valence-electron chi connectivity index (χ2n) is 8.44. The number of aliphatic hydroxyl groups excluding tert-OH is 1. The minimum absolute atomic E-state index is 0.0248. The molecule has 0 bridgehead atoms. The fraction of sp³-hybridized carbons (Fsp3) is 0.381. The van der Waals surface area contributed by atoms with Gasteiger partial charge in [0.2, 0.25) is 6.23 Å². The highest BCUT2D eigenvalue weighted by atomic mass is 31.2. The predicted molar refractivity (Wildman–Crippen MR) is 129 cm³/mol. The SMILES string of the molecule is Cn1c(COP(=O)(NCc2ccccc2)OC[C@H]2O[C@@H](n3ccc(N)nc3=O)C(F)(F)[C@@H]2O)cnc1[N+](=O)[O-]. The molecule has 0 amide bonds. The number of imidazole rings is 1. The standard InChI is InChI=1S/C21H24F2N7O8P/c1-28-14(10-25-19(28)30(33)34)11-36-39(35,26-9-13-5-3-2-4-6-13)37-12-15-17(31)21(22,23)18(38-15)29-8-7-16(24)27-20(29)32/h2-8,10,15,17-18,31H,9,11-12H2,1H3,(H,26,35)(H2,24,27,32)/t15-,17-,18-,39?/m1/s1. The van der Waals surface area contributed by atoms with Crippen LogP contribution in [0.2, 0.25) is 0 Å². The van der Waals surface area contributed by atoms with Crippen LogP contribution in [0, 0.1) is 10.1 Å². The van der Waals surface area contributed by atoms with Crippen molar-refractivity contribution >= 4 is 19.5 Å². The number of nitrogen functional groups attached to an aromatic ring is 1. The molecule has 15 nitrogen and oxygen atoms in total. The van der Waals surface area contributed by atoms with Crippen LogP contribution >= 0.6 is 7.75 Å². The number of nitrogens with one attached hydrogen (secondary N) is 1. The molecule has 210 valence electrons. The third-order valence-electron chi connectivity index (χ3n) is 5.82. The maximum atomic E-state index is 14.9. The number of nitro groups is 1. The van der Waals surface area contributed by atoms with E-state index in [1.54, 1.807) is 30.3 Å². The monoisotopic (exact) mass is 571 g/mol. The fourth-order valence-electron chi connectivity index (χ4n) is 3.68. The van der Waals surface area contributed by atoms with Crippen LogP contribution in [0.25, 0.3) is 0 Å². The van der Waals surface area contributed by atoms with E-state index < -0.39 is 61.9 Å². The molecular formula is C21H24F2N7O8P. The number of alkyl halides is 2. The van der Waals surface area contributed by atoms with Gasteiger partial charge in [-0.2, -0.15) is 13.8 Å². The lowest BCUT2D eigenvalue weighted by molar-refractivity contribution is -0.396.